The molecule has 0 aromatic heterocycles. The smallest absolute Gasteiger partial charge is 0.257 e. The van der Waals surface area contributed by atoms with Crippen molar-refractivity contribution in [3.05, 3.63) is 48.0 Å². The fourth-order valence-corrected chi connectivity index (χ4v) is 2.82. The zero-order chi connectivity index (χ0) is 14.8. The maximum atomic E-state index is 12.3. The van der Waals surface area contributed by atoms with E-state index in [0.717, 1.165) is 5.56 Å². The summed E-state index contributed by atoms with van der Waals surface area (Å²) in [4.78, 5) is 12.3. The molecule has 0 saturated carbocycles. The molecule has 1 aliphatic rings. The highest BCUT2D eigenvalue weighted by Crippen LogP contribution is 2.38. The number of halogens is 2. The Morgan fingerprint density at radius 1 is 1.40 bits per heavy atom. The molecule has 5 heteroatoms. The second-order valence-corrected chi connectivity index (χ2v) is 6.37. The van der Waals surface area contributed by atoms with Crippen LogP contribution in [0.5, 0.6) is 0 Å². The van der Waals surface area contributed by atoms with Crippen LogP contribution in [0.25, 0.3) is 0 Å². The van der Waals surface area contributed by atoms with Crippen molar-refractivity contribution in [1.82, 2.24) is 5.32 Å². The fourth-order valence-electron chi connectivity index (χ4n) is 2.27. The summed E-state index contributed by atoms with van der Waals surface area (Å²) < 4.78 is -1.67. The molecule has 3 atom stereocenters. The standard InChI is InChI=1S/C15H17Cl2NO2/c1-10(11-6-3-2-4-7-11)18-14(20)15(16,17)12-8-5-9-13(12)19/h2-8,10,12-13,19H,9H2,1H3,(H,18,20)/t10-,12-,13+/m1/s1. The molecule has 2 rings (SSSR count). The van der Waals surface area contributed by atoms with Gasteiger partial charge in [-0.15, -0.1) is 0 Å². The summed E-state index contributed by atoms with van der Waals surface area (Å²) in [7, 11) is 0. The van der Waals surface area contributed by atoms with Crippen LogP contribution in [0.2, 0.25) is 0 Å². The van der Waals surface area contributed by atoms with Gasteiger partial charge in [0.2, 0.25) is 4.33 Å². The van der Waals surface area contributed by atoms with Crippen LogP contribution < -0.4 is 5.32 Å². The van der Waals surface area contributed by atoms with E-state index in [-0.39, 0.29) is 6.04 Å². The van der Waals surface area contributed by atoms with Crippen molar-refractivity contribution in [2.24, 2.45) is 5.92 Å². The fraction of sp³-hybridized carbons (Fsp3) is 0.400. The summed E-state index contributed by atoms with van der Waals surface area (Å²) in [5.41, 5.74) is 0.965. The predicted octanol–water partition coefficient (Wildman–Crippen LogP) is 2.97. The maximum absolute atomic E-state index is 12.3. The molecular weight excluding hydrogens is 297 g/mol. The molecule has 20 heavy (non-hydrogen) atoms. The van der Waals surface area contributed by atoms with Gasteiger partial charge in [-0.3, -0.25) is 4.79 Å². The number of hydrogen-bond donors (Lipinski definition) is 2. The van der Waals surface area contributed by atoms with Crippen LogP contribution in [-0.4, -0.2) is 21.5 Å². The molecule has 1 aliphatic carbocycles. The number of aliphatic hydroxyl groups excluding tert-OH is 1. The molecule has 0 saturated heterocycles. The molecule has 0 aliphatic heterocycles. The second-order valence-electron chi connectivity index (χ2n) is 4.99. The van der Waals surface area contributed by atoms with Gasteiger partial charge in [-0.2, -0.15) is 0 Å². The van der Waals surface area contributed by atoms with E-state index in [2.05, 4.69) is 5.32 Å². The lowest BCUT2D eigenvalue weighted by Gasteiger charge is -2.28. The van der Waals surface area contributed by atoms with Gasteiger partial charge in [0.25, 0.3) is 5.91 Å². The third-order valence-electron chi connectivity index (χ3n) is 3.50. The van der Waals surface area contributed by atoms with Gasteiger partial charge in [-0.05, 0) is 18.9 Å². The Morgan fingerprint density at radius 2 is 2.05 bits per heavy atom. The Kier molecular flexibility index (Phi) is 4.74. The van der Waals surface area contributed by atoms with E-state index in [9.17, 15) is 9.90 Å². The molecule has 0 bridgehead atoms. The Labute approximate surface area is 128 Å². The van der Waals surface area contributed by atoms with Gasteiger partial charge in [0.1, 0.15) is 0 Å². The third-order valence-corrected chi connectivity index (χ3v) is 4.35. The van der Waals surface area contributed by atoms with Crippen molar-refractivity contribution in [3.63, 3.8) is 0 Å². The van der Waals surface area contributed by atoms with E-state index < -0.39 is 22.3 Å². The molecule has 1 aromatic carbocycles. The lowest BCUT2D eigenvalue weighted by Crippen LogP contribution is -2.46. The highest BCUT2D eigenvalue weighted by Gasteiger charge is 2.46. The average Bonchev–Trinajstić information content (AvgIpc) is 2.86. The van der Waals surface area contributed by atoms with Crippen LogP contribution in [0, 0.1) is 5.92 Å². The van der Waals surface area contributed by atoms with E-state index in [1.807, 2.05) is 37.3 Å². The summed E-state index contributed by atoms with van der Waals surface area (Å²) in [6, 6.07) is 9.33. The summed E-state index contributed by atoms with van der Waals surface area (Å²) in [6.07, 6.45) is 3.22. The maximum Gasteiger partial charge on any atom is 0.257 e. The van der Waals surface area contributed by atoms with Crippen LogP contribution in [0.4, 0.5) is 0 Å². The minimum Gasteiger partial charge on any atom is -0.392 e. The third kappa shape index (κ3) is 3.17. The molecule has 1 aromatic rings. The lowest BCUT2D eigenvalue weighted by atomic mass is 10.00. The normalized spacial score (nSPS) is 23.6. The minimum absolute atomic E-state index is 0.205. The van der Waals surface area contributed by atoms with E-state index in [0.29, 0.717) is 6.42 Å². The van der Waals surface area contributed by atoms with Crippen molar-refractivity contribution < 1.29 is 9.90 Å². The number of aliphatic hydroxyl groups is 1. The first-order valence-electron chi connectivity index (χ1n) is 6.51. The highest BCUT2D eigenvalue weighted by molar-refractivity contribution is 6.58. The first kappa shape index (κ1) is 15.4. The first-order valence-corrected chi connectivity index (χ1v) is 7.27. The largest absolute Gasteiger partial charge is 0.392 e. The first-order chi connectivity index (χ1) is 9.43. The van der Waals surface area contributed by atoms with Gasteiger partial charge < -0.3 is 10.4 Å². The number of nitrogens with one attached hydrogen (secondary N) is 1. The topological polar surface area (TPSA) is 49.3 Å². The van der Waals surface area contributed by atoms with Crippen LogP contribution in [-0.2, 0) is 4.79 Å². The molecular formula is C15H17Cl2NO2. The quantitative estimate of drug-likeness (QED) is 0.663. The second kappa shape index (κ2) is 6.17. The van der Waals surface area contributed by atoms with Crippen molar-refractivity contribution in [1.29, 1.82) is 0 Å². The molecule has 0 unspecified atom stereocenters. The molecule has 2 N–H and O–H groups in total. The Hall–Kier alpha value is -1.03. The molecule has 0 spiro atoms. The number of amides is 1. The van der Waals surface area contributed by atoms with Crippen molar-refractivity contribution in [2.45, 2.75) is 29.8 Å². The summed E-state index contributed by atoms with van der Waals surface area (Å²) >= 11 is 12.3. The molecule has 0 fully saturated rings. The van der Waals surface area contributed by atoms with Gasteiger partial charge in [-0.25, -0.2) is 0 Å². The number of alkyl halides is 2. The van der Waals surface area contributed by atoms with Crippen molar-refractivity contribution in [2.75, 3.05) is 0 Å². The van der Waals surface area contributed by atoms with Crippen LogP contribution in [0.15, 0.2) is 42.5 Å². The van der Waals surface area contributed by atoms with Crippen LogP contribution in [0.3, 0.4) is 0 Å². The number of hydrogen-bond acceptors (Lipinski definition) is 2. The zero-order valence-electron chi connectivity index (χ0n) is 11.1. The van der Waals surface area contributed by atoms with Crippen molar-refractivity contribution in [3.8, 4) is 0 Å². The lowest BCUT2D eigenvalue weighted by molar-refractivity contribution is -0.123. The monoisotopic (exact) mass is 313 g/mol. The average molecular weight is 314 g/mol. The molecule has 0 radical (unpaired) electrons. The van der Waals surface area contributed by atoms with Crippen LogP contribution >= 0.6 is 23.2 Å². The minimum atomic E-state index is -1.67. The number of benzene rings is 1. The highest BCUT2D eigenvalue weighted by atomic mass is 35.5. The molecule has 0 heterocycles. The van der Waals surface area contributed by atoms with E-state index in [1.54, 1.807) is 12.2 Å². The molecule has 3 nitrogen and oxygen atoms in total. The van der Waals surface area contributed by atoms with Gasteiger partial charge >= 0.3 is 0 Å². The number of rotatable bonds is 4. The Morgan fingerprint density at radius 3 is 2.60 bits per heavy atom. The van der Waals surface area contributed by atoms with Crippen molar-refractivity contribution >= 4 is 29.1 Å². The Balaban J connectivity index is 2.06. The zero-order valence-corrected chi connectivity index (χ0v) is 12.6. The summed E-state index contributed by atoms with van der Waals surface area (Å²) in [5, 5.41) is 12.6. The van der Waals surface area contributed by atoms with E-state index >= 15 is 0 Å². The van der Waals surface area contributed by atoms with E-state index in [4.69, 9.17) is 23.2 Å². The summed E-state index contributed by atoms with van der Waals surface area (Å²) in [5.74, 6) is -1.08. The molecule has 1 amide bonds. The Bertz CT molecular complexity index is 502. The number of carbonyl (C=O) groups excluding carboxylic acids is 1. The van der Waals surface area contributed by atoms with Gasteiger partial charge in [-0.1, -0.05) is 65.7 Å². The SMILES string of the molecule is C[C@@H](NC(=O)C(Cl)(Cl)[C@@H]1C=CC[C@@H]1O)c1ccccc1. The van der Waals surface area contributed by atoms with Gasteiger partial charge in [0.15, 0.2) is 0 Å². The summed E-state index contributed by atoms with van der Waals surface area (Å²) in [6.45, 7) is 1.86. The predicted molar refractivity (Wildman–Crippen MR) is 80.7 cm³/mol. The molecule has 108 valence electrons. The van der Waals surface area contributed by atoms with Gasteiger partial charge in [0, 0.05) is 5.92 Å². The van der Waals surface area contributed by atoms with Gasteiger partial charge in [0.05, 0.1) is 12.1 Å². The van der Waals surface area contributed by atoms with E-state index in [1.165, 1.54) is 0 Å². The number of carbonyl (C=O) groups is 1. The van der Waals surface area contributed by atoms with Crippen LogP contribution in [0.1, 0.15) is 24.9 Å².